The molecule has 0 aliphatic rings. The van der Waals surface area contributed by atoms with Gasteiger partial charge in [-0.3, -0.25) is 4.21 Å². The second-order valence-electron chi connectivity index (χ2n) is 4.19. The summed E-state index contributed by atoms with van der Waals surface area (Å²) in [5.41, 5.74) is 5.86. The molecular formula is C13H18N2O3S2. The van der Waals surface area contributed by atoms with Gasteiger partial charge in [0.2, 0.25) is 10.0 Å². The molecule has 110 valence electrons. The SMILES string of the molecule is CC(CNS(=O)(=O)c1cccc(C#CCN)c1)S(C)=O. The lowest BCUT2D eigenvalue weighted by molar-refractivity contribution is 0.580. The van der Waals surface area contributed by atoms with Gasteiger partial charge >= 0.3 is 0 Å². The number of benzene rings is 1. The smallest absolute Gasteiger partial charge is 0.240 e. The van der Waals surface area contributed by atoms with E-state index in [1.54, 1.807) is 25.3 Å². The molecule has 2 unspecified atom stereocenters. The summed E-state index contributed by atoms with van der Waals surface area (Å²) in [6.07, 6.45) is 1.54. The molecule has 2 atom stereocenters. The summed E-state index contributed by atoms with van der Waals surface area (Å²) in [7, 11) is -4.69. The van der Waals surface area contributed by atoms with E-state index in [-0.39, 0.29) is 23.2 Å². The summed E-state index contributed by atoms with van der Waals surface area (Å²) in [5, 5.41) is -0.245. The van der Waals surface area contributed by atoms with E-state index in [1.807, 2.05) is 0 Å². The molecule has 0 aromatic heterocycles. The van der Waals surface area contributed by atoms with Gasteiger partial charge in [-0.05, 0) is 25.1 Å². The van der Waals surface area contributed by atoms with Gasteiger partial charge in [-0.25, -0.2) is 13.1 Å². The molecule has 0 bridgehead atoms. The average molecular weight is 314 g/mol. The molecule has 7 heteroatoms. The van der Waals surface area contributed by atoms with Gasteiger partial charge in [0.1, 0.15) is 0 Å². The van der Waals surface area contributed by atoms with Gasteiger partial charge in [0.15, 0.2) is 0 Å². The van der Waals surface area contributed by atoms with Crippen molar-refractivity contribution in [3.63, 3.8) is 0 Å². The second-order valence-corrected chi connectivity index (χ2v) is 7.76. The summed E-state index contributed by atoms with van der Waals surface area (Å²) in [6.45, 7) is 2.07. The third kappa shape index (κ3) is 5.06. The molecule has 1 aromatic carbocycles. The molecule has 0 radical (unpaired) electrons. The van der Waals surface area contributed by atoms with E-state index < -0.39 is 20.8 Å². The monoisotopic (exact) mass is 314 g/mol. The highest BCUT2D eigenvalue weighted by atomic mass is 32.2. The fourth-order valence-electron chi connectivity index (χ4n) is 1.32. The Labute approximate surface area is 122 Å². The molecule has 0 heterocycles. The van der Waals surface area contributed by atoms with Crippen molar-refractivity contribution in [1.29, 1.82) is 0 Å². The van der Waals surface area contributed by atoms with Crippen LogP contribution in [0.25, 0.3) is 0 Å². The molecule has 0 aliphatic carbocycles. The maximum atomic E-state index is 12.1. The maximum absolute atomic E-state index is 12.1. The Hall–Kier alpha value is -1.20. The Balaban J connectivity index is 2.90. The lowest BCUT2D eigenvalue weighted by Gasteiger charge is -2.10. The zero-order valence-electron chi connectivity index (χ0n) is 11.4. The fraction of sp³-hybridized carbons (Fsp3) is 0.385. The summed E-state index contributed by atoms with van der Waals surface area (Å²) < 4.78 is 37.9. The normalized spacial score (nSPS) is 14.2. The third-order valence-electron chi connectivity index (χ3n) is 2.61. The Kier molecular flexibility index (Phi) is 6.36. The number of nitrogens with two attached hydrogens (primary N) is 1. The van der Waals surface area contributed by atoms with Crippen LogP contribution in [0.5, 0.6) is 0 Å². The predicted molar refractivity (Wildman–Crippen MR) is 81.1 cm³/mol. The van der Waals surface area contributed by atoms with Crippen LogP contribution in [0.1, 0.15) is 12.5 Å². The minimum atomic E-state index is -3.62. The molecule has 0 spiro atoms. The molecule has 0 amide bonds. The number of hydrogen-bond donors (Lipinski definition) is 2. The van der Waals surface area contributed by atoms with Crippen molar-refractivity contribution in [1.82, 2.24) is 4.72 Å². The van der Waals surface area contributed by atoms with Crippen molar-refractivity contribution in [2.45, 2.75) is 17.1 Å². The van der Waals surface area contributed by atoms with Crippen molar-refractivity contribution in [2.75, 3.05) is 19.3 Å². The first kappa shape index (κ1) is 16.9. The van der Waals surface area contributed by atoms with E-state index in [9.17, 15) is 12.6 Å². The lowest BCUT2D eigenvalue weighted by Crippen LogP contribution is -2.32. The molecule has 1 aromatic rings. The van der Waals surface area contributed by atoms with Crippen LogP contribution in [0.3, 0.4) is 0 Å². The third-order valence-corrected chi connectivity index (χ3v) is 5.33. The van der Waals surface area contributed by atoms with Gasteiger partial charge in [0.25, 0.3) is 0 Å². The molecule has 20 heavy (non-hydrogen) atoms. The van der Waals surface area contributed by atoms with Crippen molar-refractivity contribution in [2.24, 2.45) is 5.73 Å². The van der Waals surface area contributed by atoms with Crippen LogP contribution in [0, 0.1) is 11.8 Å². The molecule has 0 aliphatic heterocycles. The highest BCUT2D eigenvalue weighted by molar-refractivity contribution is 7.89. The summed E-state index contributed by atoms with van der Waals surface area (Å²) in [6, 6.07) is 6.31. The van der Waals surface area contributed by atoms with Gasteiger partial charge in [0, 0.05) is 34.4 Å². The van der Waals surface area contributed by atoms with Gasteiger partial charge in [-0.1, -0.05) is 17.9 Å². The van der Waals surface area contributed by atoms with E-state index in [2.05, 4.69) is 16.6 Å². The highest BCUT2D eigenvalue weighted by Crippen LogP contribution is 2.11. The molecule has 0 saturated heterocycles. The van der Waals surface area contributed by atoms with E-state index in [1.165, 1.54) is 12.1 Å². The first-order valence-electron chi connectivity index (χ1n) is 5.97. The van der Waals surface area contributed by atoms with Gasteiger partial charge in [-0.15, -0.1) is 0 Å². The zero-order chi connectivity index (χ0) is 15.2. The minimum Gasteiger partial charge on any atom is -0.320 e. The van der Waals surface area contributed by atoms with E-state index >= 15 is 0 Å². The summed E-state index contributed by atoms with van der Waals surface area (Å²) in [4.78, 5) is 0.135. The zero-order valence-corrected chi connectivity index (χ0v) is 13.1. The molecule has 0 fully saturated rings. The van der Waals surface area contributed by atoms with Crippen LogP contribution in [-0.2, 0) is 20.8 Å². The van der Waals surface area contributed by atoms with Crippen molar-refractivity contribution in [3.8, 4) is 11.8 Å². The lowest BCUT2D eigenvalue weighted by atomic mass is 10.2. The topological polar surface area (TPSA) is 89.3 Å². The van der Waals surface area contributed by atoms with Gasteiger partial charge in [0.05, 0.1) is 11.4 Å². The fourth-order valence-corrected chi connectivity index (χ4v) is 2.92. The van der Waals surface area contributed by atoms with Crippen LogP contribution in [0.15, 0.2) is 29.2 Å². The van der Waals surface area contributed by atoms with E-state index in [0.29, 0.717) is 5.56 Å². The van der Waals surface area contributed by atoms with Gasteiger partial charge in [-0.2, -0.15) is 0 Å². The number of sulfonamides is 1. The standard InChI is InChI=1S/C13H18N2O3S2/c1-11(19(2)16)10-15-20(17,18)13-7-3-5-12(9-13)6-4-8-14/h3,5,7,9,11,15H,8,10,14H2,1-2H3. The Morgan fingerprint density at radius 3 is 2.75 bits per heavy atom. The Bertz CT molecular complexity index is 645. The predicted octanol–water partition coefficient (Wildman–Crippen LogP) is 0.0421. The first-order valence-corrected chi connectivity index (χ1v) is 9.08. The quantitative estimate of drug-likeness (QED) is 0.751. The number of hydrogen-bond acceptors (Lipinski definition) is 4. The Morgan fingerprint density at radius 2 is 2.15 bits per heavy atom. The summed E-state index contributed by atoms with van der Waals surface area (Å²) >= 11 is 0. The van der Waals surface area contributed by atoms with Crippen molar-refractivity contribution in [3.05, 3.63) is 29.8 Å². The number of rotatable bonds is 5. The average Bonchev–Trinajstić information content (AvgIpc) is 2.42. The van der Waals surface area contributed by atoms with Crippen LogP contribution < -0.4 is 10.5 Å². The molecule has 5 nitrogen and oxygen atoms in total. The van der Waals surface area contributed by atoms with Crippen LogP contribution in [-0.4, -0.2) is 37.2 Å². The van der Waals surface area contributed by atoms with Crippen molar-refractivity contribution >= 4 is 20.8 Å². The van der Waals surface area contributed by atoms with Crippen LogP contribution >= 0.6 is 0 Å². The molecule has 3 N–H and O–H groups in total. The minimum absolute atomic E-state index is 0.129. The molecule has 0 saturated carbocycles. The van der Waals surface area contributed by atoms with Crippen molar-refractivity contribution < 1.29 is 12.6 Å². The maximum Gasteiger partial charge on any atom is 0.240 e. The van der Waals surface area contributed by atoms with E-state index in [0.717, 1.165) is 0 Å². The highest BCUT2D eigenvalue weighted by Gasteiger charge is 2.16. The number of nitrogens with one attached hydrogen (secondary N) is 1. The van der Waals surface area contributed by atoms with E-state index in [4.69, 9.17) is 5.73 Å². The summed E-state index contributed by atoms with van der Waals surface area (Å²) in [5.74, 6) is 5.45. The Morgan fingerprint density at radius 1 is 1.45 bits per heavy atom. The largest absolute Gasteiger partial charge is 0.320 e. The van der Waals surface area contributed by atoms with Crippen LogP contribution in [0.4, 0.5) is 0 Å². The van der Waals surface area contributed by atoms with Crippen LogP contribution in [0.2, 0.25) is 0 Å². The first-order chi connectivity index (χ1) is 9.36. The molecular weight excluding hydrogens is 296 g/mol. The second kappa shape index (κ2) is 7.55. The molecule has 1 rings (SSSR count). The van der Waals surface area contributed by atoms with Gasteiger partial charge < -0.3 is 5.73 Å².